The molecule has 0 amide bonds. The highest BCUT2D eigenvalue weighted by molar-refractivity contribution is 6.33. The van der Waals surface area contributed by atoms with Gasteiger partial charge in [0.25, 0.3) is 0 Å². The molecule has 0 aromatic heterocycles. The molecule has 158 valence electrons. The van der Waals surface area contributed by atoms with Gasteiger partial charge in [-0.25, -0.2) is 0 Å². The van der Waals surface area contributed by atoms with E-state index in [4.69, 9.17) is 27.9 Å². The Kier molecular flexibility index (Phi) is 5.18. The Balaban J connectivity index is 1.37. The fourth-order valence-corrected chi connectivity index (χ4v) is 4.95. The molecule has 0 radical (unpaired) electrons. The molecule has 1 atom stereocenters. The number of carbonyl (C=O) groups is 1. The van der Waals surface area contributed by atoms with Gasteiger partial charge in [0, 0.05) is 35.7 Å². The number of hydrogen-bond donors (Lipinski definition) is 1. The van der Waals surface area contributed by atoms with Crippen LogP contribution in [0.3, 0.4) is 0 Å². The molecule has 5 rings (SSSR count). The van der Waals surface area contributed by atoms with Crippen molar-refractivity contribution in [2.45, 2.75) is 37.1 Å². The van der Waals surface area contributed by atoms with Crippen LogP contribution < -0.4 is 10.2 Å². The number of likely N-dealkylation sites (tertiary alicyclic amines) is 1. The number of anilines is 2. The second kappa shape index (κ2) is 7.72. The maximum Gasteiger partial charge on any atom is 0.191 e. The van der Waals surface area contributed by atoms with E-state index in [2.05, 4.69) is 33.3 Å². The van der Waals surface area contributed by atoms with E-state index in [-0.39, 0.29) is 18.4 Å². The zero-order valence-electron chi connectivity index (χ0n) is 16.9. The first kappa shape index (κ1) is 20.1. The number of benzene rings is 2. The number of para-hydroxylation sites is 2. The number of nitrogens with zero attached hydrogens (tertiary/aromatic N) is 2. The van der Waals surface area contributed by atoms with E-state index in [9.17, 15) is 4.79 Å². The SMILES string of the molecule is CN1CC(OCc2cc(Cl)ccc2Cl)(C(=O)C2CN(C3CC3)c3ccccc3N2)C1. The lowest BCUT2D eigenvalue weighted by atomic mass is 9.84. The molecule has 1 saturated carbocycles. The predicted molar refractivity (Wildman–Crippen MR) is 121 cm³/mol. The van der Waals surface area contributed by atoms with Gasteiger partial charge in [0.15, 0.2) is 11.4 Å². The monoisotopic (exact) mass is 445 g/mol. The fourth-order valence-electron chi connectivity index (χ4n) is 4.59. The maximum atomic E-state index is 13.7. The van der Waals surface area contributed by atoms with E-state index in [0.29, 0.717) is 35.7 Å². The molecule has 1 N–H and O–H groups in total. The molecule has 0 spiro atoms. The van der Waals surface area contributed by atoms with Crippen LogP contribution in [0.5, 0.6) is 0 Å². The highest BCUT2D eigenvalue weighted by atomic mass is 35.5. The number of ether oxygens (including phenoxy) is 1. The second-order valence-corrected chi connectivity index (χ2v) is 9.50. The molecule has 2 fully saturated rings. The van der Waals surface area contributed by atoms with Crippen LogP contribution in [0.4, 0.5) is 11.4 Å². The molecule has 2 aromatic carbocycles. The molecule has 1 saturated heterocycles. The Morgan fingerprint density at radius 1 is 1.20 bits per heavy atom. The summed E-state index contributed by atoms with van der Waals surface area (Å²) in [5.74, 6) is 0.110. The number of hydrogen-bond acceptors (Lipinski definition) is 5. The Bertz CT molecular complexity index is 973. The number of rotatable bonds is 6. The number of ketones is 1. The van der Waals surface area contributed by atoms with Crippen LogP contribution in [0, 0.1) is 0 Å². The van der Waals surface area contributed by atoms with E-state index in [0.717, 1.165) is 11.3 Å². The molecular weight excluding hydrogens is 421 g/mol. The van der Waals surface area contributed by atoms with Crippen LogP contribution in [0.2, 0.25) is 10.0 Å². The largest absolute Gasteiger partial charge is 0.372 e. The van der Waals surface area contributed by atoms with Crippen molar-refractivity contribution in [1.82, 2.24) is 4.90 Å². The average Bonchev–Trinajstić information content (AvgIpc) is 3.56. The van der Waals surface area contributed by atoms with Gasteiger partial charge >= 0.3 is 0 Å². The van der Waals surface area contributed by atoms with Gasteiger partial charge in [0.1, 0.15) is 6.04 Å². The van der Waals surface area contributed by atoms with Gasteiger partial charge in [-0.15, -0.1) is 0 Å². The summed E-state index contributed by atoms with van der Waals surface area (Å²) in [5.41, 5.74) is 2.18. The highest BCUT2D eigenvalue weighted by Gasteiger charge is 2.52. The van der Waals surface area contributed by atoms with Gasteiger partial charge in [-0.1, -0.05) is 35.3 Å². The van der Waals surface area contributed by atoms with Gasteiger partial charge in [0.2, 0.25) is 0 Å². The molecule has 2 aromatic rings. The van der Waals surface area contributed by atoms with Crippen molar-refractivity contribution in [2.24, 2.45) is 0 Å². The highest BCUT2D eigenvalue weighted by Crippen LogP contribution is 2.40. The van der Waals surface area contributed by atoms with Crippen molar-refractivity contribution in [2.75, 3.05) is 36.9 Å². The van der Waals surface area contributed by atoms with Crippen molar-refractivity contribution < 1.29 is 9.53 Å². The molecule has 2 aliphatic heterocycles. The Labute approximate surface area is 186 Å². The first-order chi connectivity index (χ1) is 14.4. The minimum atomic E-state index is -0.834. The maximum absolute atomic E-state index is 13.7. The lowest BCUT2D eigenvalue weighted by Crippen LogP contribution is -2.70. The van der Waals surface area contributed by atoms with E-state index in [1.54, 1.807) is 18.2 Å². The number of nitrogens with one attached hydrogen (secondary N) is 1. The summed E-state index contributed by atoms with van der Waals surface area (Å²) < 4.78 is 6.28. The zero-order valence-corrected chi connectivity index (χ0v) is 18.4. The van der Waals surface area contributed by atoms with Crippen LogP contribution in [-0.2, 0) is 16.1 Å². The number of Topliss-reactive ketones (excluding diaryl/α,β-unsaturated/α-hetero) is 1. The number of fused-ring (bicyclic) bond motifs is 1. The molecule has 3 aliphatic rings. The summed E-state index contributed by atoms with van der Waals surface area (Å²) in [7, 11) is 2.00. The topological polar surface area (TPSA) is 44.8 Å². The van der Waals surface area contributed by atoms with Crippen LogP contribution in [0.25, 0.3) is 0 Å². The zero-order chi connectivity index (χ0) is 20.9. The predicted octanol–water partition coefficient (Wildman–Crippen LogP) is 4.23. The van der Waals surface area contributed by atoms with Gasteiger partial charge in [-0.2, -0.15) is 0 Å². The molecule has 1 aliphatic carbocycles. The van der Waals surface area contributed by atoms with Crippen molar-refractivity contribution in [3.63, 3.8) is 0 Å². The fraction of sp³-hybridized carbons (Fsp3) is 0.435. The van der Waals surface area contributed by atoms with Crippen LogP contribution >= 0.6 is 23.2 Å². The third-order valence-corrected chi connectivity index (χ3v) is 6.84. The Morgan fingerprint density at radius 2 is 1.97 bits per heavy atom. The molecule has 5 nitrogen and oxygen atoms in total. The molecule has 2 heterocycles. The summed E-state index contributed by atoms with van der Waals surface area (Å²) in [5, 5.41) is 4.68. The lowest BCUT2D eigenvalue weighted by Gasteiger charge is -2.49. The molecular formula is C23H25Cl2N3O2. The molecule has 1 unspecified atom stereocenters. The van der Waals surface area contributed by atoms with E-state index in [1.165, 1.54) is 18.5 Å². The summed E-state index contributed by atoms with van der Waals surface area (Å²) in [6, 6.07) is 13.8. The standard InChI is InChI=1S/C23H25Cl2N3O2/c1-27-13-23(14-27,30-12-15-10-16(24)6-9-18(15)25)22(29)20-11-28(17-7-8-17)21-5-3-2-4-19(21)26-20/h2-6,9-10,17,20,26H,7-8,11-14H2,1H3. The van der Waals surface area contributed by atoms with Crippen LogP contribution in [0.15, 0.2) is 42.5 Å². The Hall–Kier alpha value is -1.79. The third-order valence-electron chi connectivity index (χ3n) is 6.24. The smallest absolute Gasteiger partial charge is 0.191 e. The van der Waals surface area contributed by atoms with Crippen LogP contribution in [-0.4, -0.2) is 55.0 Å². The number of halogens is 2. The first-order valence-electron chi connectivity index (χ1n) is 10.4. The van der Waals surface area contributed by atoms with E-state index >= 15 is 0 Å². The van der Waals surface area contributed by atoms with Gasteiger partial charge < -0.3 is 15.0 Å². The van der Waals surface area contributed by atoms with Crippen molar-refractivity contribution in [3.8, 4) is 0 Å². The average molecular weight is 446 g/mol. The quantitative estimate of drug-likeness (QED) is 0.720. The number of carbonyl (C=O) groups excluding carboxylic acids is 1. The van der Waals surface area contributed by atoms with E-state index < -0.39 is 5.60 Å². The van der Waals surface area contributed by atoms with Crippen molar-refractivity contribution >= 4 is 40.4 Å². The second-order valence-electron chi connectivity index (χ2n) is 8.65. The minimum Gasteiger partial charge on any atom is -0.372 e. The van der Waals surface area contributed by atoms with Gasteiger partial charge in [0.05, 0.1) is 18.0 Å². The van der Waals surface area contributed by atoms with Gasteiger partial charge in [-0.3, -0.25) is 9.69 Å². The summed E-state index contributed by atoms with van der Waals surface area (Å²) in [4.78, 5) is 18.2. The molecule has 30 heavy (non-hydrogen) atoms. The third kappa shape index (κ3) is 3.69. The van der Waals surface area contributed by atoms with Crippen LogP contribution in [0.1, 0.15) is 18.4 Å². The van der Waals surface area contributed by atoms with Crippen molar-refractivity contribution in [3.05, 3.63) is 58.1 Å². The molecule has 7 heteroatoms. The Morgan fingerprint density at radius 3 is 2.70 bits per heavy atom. The normalized spacial score (nSPS) is 22.8. The summed E-state index contributed by atoms with van der Waals surface area (Å²) in [6.45, 7) is 2.09. The summed E-state index contributed by atoms with van der Waals surface area (Å²) >= 11 is 12.4. The van der Waals surface area contributed by atoms with Crippen molar-refractivity contribution in [1.29, 1.82) is 0 Å². The minimum absolute atomic E-state index is 0.110. The summed E-state index contributed by atoms with van der Waals surface area (Å²) in [6.07, 6.45) is 2.37. The van der Waals surface area contributed by atoms with E-state index in [1.807, 2.05) is 13.1 Å². The first-order valence-corrected chi connectivity index (χ1v) is 11.1. The lowest BCUT2D eigenvalue weighted by molar-refractivity contribution is -0.173. The van der Waals surface area contributed by atoms with Gasteiger partial charge in [-0.05, 0) is 55.8 Å². The molecule has 0 bridgehead atoms. The number of likely N-dealkylation sites (N-methyl/N-ethyl adjacent to an activating group) is 1.